The summed E-state index contributed by atoms with van der Waals surface area (Å²) in [5, 5.41) is 19.4. The molecular formula is C7H9NO4S. The van der Waals surface area contributed by atoms with Gasteiger partial charge in [-0.25, -0.2) is 0 Å². The highest BCUT2D eigenvalue weighted by Crippen LogP contribution is 2.19. The summed E-state index contributed by atoms with van der Waals surface area (Å²) in [6.45, 7) is 1.20. The molecule has 1 unspecified atom stereocenters. The molecule has 0 aliphatic rings. The first-order valence-electron chi connectivity index (χ1n) is 3.55. The fraction of sp³-hybridized carbons (Fsp3) is 0.429. The molecule has 6 heteroatoms. The third-order valence-electron chi connectivity index (χ3n) is 1.31. The zero-order chi connectivity index (χ0) is 9.84. The van der Waals surface area contributed by atoms with E-state index >= 15 is 0 Å². The summed E-state index contributed by atoms with van der Waals surface area (Å²) in [5.74, 6) is -0.578. The number of esters is 1. The molecule has 2 N–H and O–H groups in total. The van der Waals surface area contributed by atoms with E-state index < -0.39 is 18.4 Å². The van der Waals surface area contributed by atoms with E-state index in [1.165, 1.54) is 6.92 Å². The van der Waals surface area contributed by atoms with Crippen LogP contribution in [0.5, 0.6) is 0 Å². The second kappa shape index (κ2) is 4.31. The van der Waals surface area contributed by atoms with Gasteiger partial charge in [0.05, 0.1) is 0 Å². The second-order valence-electron chi connectivity index (χ2n) is 2.37. The second-order valence-corrected chi connectivity index (χ2v) is 3.03. The van der Waals surface area contributed by atoms with E-state index in [-0.39, 0.29) is 0 Å². The molecule has 0 aromatic carbocycles. The molecule has 0 saturated heterocycles. The van der Waals surface area contributed by atoms with Crippen LogP contribution >= 0.6 is 11.5 Å². The summed E-state index contributed by atoms with van der Waals surface area (Å²) in [5.41, 5.74) is 0.343. The van der Waals surface area contributed by atoms with Gasteiger partial charge in [0.15, 0.2) is 12.4 Å². The standard InChI is InChI=1S/C7H9NO4S/c1-4(9)12-6(7(10)11)5-2-3-13-8-5/h2-3,6-7,10-11H,1H3. The maximum Gasteiger partial charge on any atom is 0.303 e. The van der Waals surface area contributed by atoms with Crippen molar-refractivity contribution >= 4 is 17.5 Å². The van der Waals surface area contributed by atoms with Gasteiger partial charge in [-0.15, -0.1) is 0 Å². The van der Waals surface area contributed by atoms with Crippen LogP contribution in [-0.2, 0) is 9.53 Å². The first-order valence-corrected chi connectivity index (χ1v) is 4.38. The van der Waals surface area contributed by atoms with Crippen molar-refractivity contribution in [1.29, 1.82) is 0 Å². The molecule has 5 nitrogen and oxygen atoms in total. The molecule has 13 heavy (non-hydrogen) atoms. The Kier molecular flexibility index (Phi) is 3.35. The normalized spacial score (nSPS) is 12.9. The minimum Gasteiger partial charge on any atom is -0.451 e. The molecule has 0 radical (unpaired) electrons. The Balaban J connectivity index is 2.74. The Morgan fingerprint density at radius 3 is 2.77 bits per heavy atom. The fourth-order valence-electron chi connectivity index (χ4n) is 0.821. The molecule has 0 aliphatic carbocycles. The van der Waals surface area contributed by atoms with E-state index in [0.717, 1.165) is 11.5 Å². The number of ether oxygens (including phenoxy) is 1. The van der Waals surface area contributed by atoms with Crippen LogP contribution in [-0.4, -0.2) is 26.8 Å². The number of carbonyl (C=O) groups is 1. The average Bonchev–Trinajstić information content (AvgIpc) is 2.50. The van der Waals surface area contributed by atoms with Crippen molar-refractivity contribution in [3.05, 3.63) is 17.1 Å². The number of aliphatic hydroxyl groups excluding tert-OH is 1. The highest BCUT2D eigenvalue weighted by Gasteiger charge is 2.23. The molecule has 1 rings (SSSR count). The van der Waals surface area contributed by atoms with E-state index in [4.69, 9.17) is 10.2 Å². The molecule has 0 amide bonds. The van der Waals surface area contributed by atoms with Gasteiger partial charge in [-0.2, -0.15) is 4.37 Å². The number of hydrogen-bond donors (Lipinski definition) is 2. The van der Waals surface area contributed by atoms with Gasteiger partial charge < -0.3 is 14.9 Å². The summed E-state index contributed by atoms with van der Waals surface area (Å²) in [7, 11) is 0. The lowest BCUT2D eigenvalue weighted by Crippen LogP contribution is -2.22. The quantitative estimate of drug-likeness (QED) is 0.536. The van der Waals surface area contributed by atoms with Gasteiger partial charge in [-0.3, -0.25) is 4.79 Å². The van der Waals surface area contributed by atoms with Crippen LogP contribution in [0, 0.1) is 0 Å². The van der Waals surface area contributed by atoms with Crippen molar-refractivity contribution in [2.24, 2.45) is 0 Å². The Labute approximate surface area is 78.8 Å². The van der Waals surface area contributed by atoms with Crippen molar-refractivity contribution in [1.82, 2.24) is 4.37 Å². The summed E-state index contributed by atoms with van der Waals surface area (Å²) in [6, 6.07) is 1.57. The van der Waals surface area contributed by atoms with Crippen molar-refractivity contribution in [3.63, 3.8) is 0 Å². The van der Waals surface area contributed by atoms with Gasteiger partial charge in [-0.1, -0.05) is 0 Å². The number of nitrogens with zero attached hydrogens (tertiary/aromatic N) is 1. The number of aromatic nitrogens is 1. The van der Waals surface area contributed by atoms with Crippen molar-refractivity contribution in [2.45, 2.75) is 19.3 Å². The van der Waals surface area contributed by atoms with Crippen molar-refractivity contribution < 1.29 is 19.7 Å². The first kappa shape index (κ1) is 10.1. The van der Waals surface area contributed by atoms with Gasteiger partial charge in [-0.05, 0) is 17.6 Å². The van der Waals surface area contributed by atoms with Crippen molar-refractivity contribution in [3.8, 4) is 0 Å². The predicted molar refractivity (Wildman–Crippen MR) is 44.8 cm³/mol. The predicted octanol–water partition coefficient (Wildman–Crippen LogP) is 0.0580. The van der Waals surface area contributed by atoms with Gasteiger partial charge in [0.1, 0.15) is 5.69 Å². The molecule has 1 atom stereocenters. The van der Waals surface area contributed by atoms with Gasteiger partial charge >= 0.3 is 5.97 Å². The zero-order valence-corrected chi connectivity index (χ0v) is 7.69. The largest absolute Gasteiger partial charge is 0.451 e. The molecule has 1 aromatic heterocycles. The van der Waals surface area contributed by atoms with E-state index in [2.05, 4.69) is 9.11 Å². The monoisotopic (exact) mass is 203 g/mol. The zero-order valence-electron chi connectivity index (χ0n) is 6.88. The molecule has 0 aliphatic heterocycles. The van der Waals surface area contributed by atoms with Gasteiger partial charge in [0.2, 0.25) is 0 Å². The average molecular weight is 203 g/mol. The van der Waals surface area contributed by atoms with Crippen molar-refractivity contribution in [2.75, 3.05) is 0 Å². The van der Waals surface area contributed by atoms with Crippen LogP contribution < -0.4 is 0 Å². The van der Waals surface area contributed by atoms with Gasteiger partial charge in [0.25, 0.3) is 0 Å². The lowest BCUT2D eigenvalue weighted by molar-refractivity contribution is -0.175. The molecular weight excluding hydrogens is 194 g/mol. The lowest BCUT2D eigenvalue weighted by Gasteiger charge is -2.15. The third kappa shape index (κ3) is 2.76. The van der Waals surface area contributed by atoms with Gasteiger partial charge in [0, 0.05) is 12.3 Å². The van der Waals surface area contributed by atoms with Crippen LogP contribution in [0.15, 0.2) is 11.4 Å². The smallest absolute Gasteiger partial charge is 0.303 e. The molecule has 1 heterocycles. The highest BCUT2D eigenvalue weighted by atomic mass is 32.1. The lowest BCUT2D eigenvalue weighted by atomic mass is 10.2. The van der Waals surface area contributed by atoms with Crippen LogP contribution in [0.3, 0.4) is 0 Å². The Bertz CT molecular complexity index is 272. The number of carbonyl (C=O) groups excluding carboxylic acids is 1. The maximum absolute atomic E-state index is 10.6. The van der Waals surface area contributed by atoms with E-state index in [1.54, 1.807) is 11.4 Å². The molecule has 0 spiro atoms. The molecule has 1 aromatic rings. The molecule has 0 saturated carbocycles. The van der Waals surface area contributed by atoms with Crippen LogP contribution in [0.1, 0.15) is 18.7 Å². The summed E-state index contributed by atoms with van der Waals surface area (Å²) in [6.07, 6.45) is -2.84. The first-order chi connectivity index (χ1) is 6.11. The van der Waals surface area contributed by atoms with Crippen LogP contribution in [0.4, 0.5) is 0 Å². The molecule has 0 fully saturated rings. The fourth-order valence-corrected chi connectivity index (χ4v) is 1.37. The SMILES string of the molecule is CC(=O)OC(c1ccsn1)C(O)O. The number of hydrogen-bond acceptors (Lipinski definition) is 6. The summed E-state index contributed by atoms with van der Waals surface area (Å²) >= 11 is 1.15. The van der Waals surface area contributed by atoms with Crippen LogP contribution in [0.25, 0.3) is 0 Å². The molecule has 72 valence electrons. The summed E-state index contributed by atoms with van der Waals surface area (Å²) in [4.78, 5) is 10.6. The summed E-state index contributed by atoms with van der Waals surface area (Å²) < 4.78 is 8.50. The Morgan fingerprint density at radius 1 is 1.69 bits per heavy atom. The Hall–Kier alpha value is -0.980. The number of aliphatic hydroxyl groups is 2. The minimum atomic E-state index is -1.74. The topological polar surface area (TPSA) is 79.7 Å². The van der Waals surface area contributed by atoms with Crippen LogP contribution in [0.2, 0.25) is 0 Å². The molecule has 0 bridgehead atoms. The highest BCUT2D eigenvalue weighted by molar-refractivity contribution is 7.03. The third-order valence-corrected chi connectivity index (χ3v) is 1.89. The number of rotatable bonds is 3. The maximum atomic E-state index is 10.6. The Morgan fingerprint density at radius 2 is 2.38 bits per heavy atom. The van der Waals surface area contributed by atoms with E-state index in [1.807, 2.05) is 0 Å². The minimum absolute atomic E-state index is 0.343. The van der Waals surface area contributed by atoms with E-state index in [9.17, 15) is 4.79 Å². The van der Waals surface area contributed by atoms with E-state index in [0.29, 0.717) is 5.69 Å².